The van der Waals surface area contributed by atoms with Crippen molar-refractivity contribution in [3.63, 3.8) is 0 Å². The minimum Gasteiger partial charge on any atom is -1.00 e. The Labute approximate surface area is 299 Å². The van der Waals surface area contributed by atoms with Crippen molar-refractivity contribution in [2.75, 3.05) is 13.2 Å². The number of carbonyl (C=O) groups is 2. The number of aliphatic hydroxyl groups is 2. The van der Waals surface area contributed by atoms with Crippen LogP contribution >= 0.6 is 45.3 Å². The number of rotatable bonds is 18. The maximum atomic E-state index is 12.1. The maximum absolute atomic E-state index is 12.1. The van der Waals surface area contributed by atoms with Crippen LogP contribution in [-0.2, 0) is 25.9 Å². The summed E-state index contributed by atoms with van der Waals surface area (Å²) in [4.78, 5) is 28.7. The summed E-state index contributed by atoms with van der Waals surface area (Å²) < 4.78 is 4.13. The normalized spacial score (nSPS) is 10.5. The molecule has 0 aromatic carbocycles. The lowest BCUT2D eigenvalue weighted by Crippen LogP contribution is -3.00. The van der Waals surface area contributed by atoms with Gasteiger partial charge in [0.05, 0.1) is 19.5 Å². The highest BCUT2D eigenvalue weighted by Gasteiger charge is 2.21. The summed E-state index contributed by atoms with van der Waals surface area (Å²) in [7, 11) is 0. The minimum absolute atomic E-state index is 0. The molecule has 0 bridgehead atoms. The molecule has 0 aliphatic rings. The van der Waals surface area contributed by atoms with Crippen LogP contribution in [-0.4, -0.2) is 35.0 Å². The van der Waals surface area contributed by atoms with Gasteiger partial charge < -0.3 is 44.2 Å². The molecule has 4 heterocycles. The molecule has 0 saturated heterocycles. The number of halogens is 2. The van der Waals surface area contributed by atoms with Gasteiger partial charge in [0.2, 0.25) is 35.7 Å². The molecule has 4 aromatic rings. The molecule has 0 radical (unpaired) electrons. The van der Waals surface area contributed by atoms with E-state index in [2.05, 4.69) is 34.0 Å². The number of unbranched alkanes of at least 4 members (excludes halogenated alkanes) is 6. The highest BCUT2D eigenvalue weighted by Crippen LogP contribution is 2.18. The van der Waals surface area contributed by atoms with E-state index in [1.54, 1.807) is 22.7 Å². The Hall–Kier alpha value is -1.12. The van der Waals surface area contributed by atoms with Gasteiger partial charge in [-0.3, -0.25) is 9.59 Å². The number of hydrogen-bond acceptors (Lipinski definition) is 8. The van der Waals surface area contributed by atoms with Crippen LogP contribution in [0.4, 0.5) is 0 Å². The number of Topliss-reactive ketones (excluding diaryl/α,β-unsaturated/α-hetero) is 2. The van der Waals surface area contributed by atoms with Crippen LogP contribution < -0.4 is 43.1 Å². The summed E-state index contributed by atoms with van der Waals surface area (Å²) in [5.74, 6) is 0.371. The van der Waals surface area contributed by atoms with Gasteiger partial charge in [0.1, 0.15) is 0 Å². The summed E-state index contributed by atoms with van der Waals surface area (Å²) in [6, 6.07) is 7.61. The molecule has 0 amide bonds. The van der Waals surface area contributed by atoms with Crippen molar-refractivity contribution in [1.29, 1.82) is 0 Å². The van der Waals surface area contributed by atoms with E-state index in [0.717, 1.165) is 74.0 Å². The molecule has 0 unspecified atom stereocenters. The molecular weight excluding hydrogens is 764 g/mol. The summed E-state index contributed by atoms with van der Waals surface area (Å²) in [5, 5.41) is 21.4. The predicted octanol–water partition coefficient (Wildman–Crippen LogP) is 0.775. The Morgan fingerprint density at radius 3 is 1.34 bits per heavy atom. The van der Waals surface area contributed by atoms with Crippen molar-refractivity contribution in [3.05, 3.63) is 76.9 Å². The van der Waals surface area contributed by atoms with E-state index in [9.17, 15) is 9.59 Å². The zero-order chi connectivity index (χ0) is 30.2. The summed E-state index contributed by atoms with van der Waals surface area (Å²) in [6.45, 7) is 5.66. The first kappa shape index (κ1) is 40.9. The number of nitrogens with zero attached hydrogens (tertiary/aromatic N) is 2. The van der Waals surface area contributed by atoms with Crippen LogP contribution in [0.25, 0.3) is 0 Å². The van der Waals surface area contributed by atoms with E-state index in [-0.39, 0.29) is 45.5 Å². The lowest BCUT2D eigenvalue weighted by molar-refractivity contribution is -0.684. The average Bonchev–Trinajstić information content (AvgIpc) is 3.81. The molecule has 4 rings (SSSR count). The highest BCUT2D eigenvalue weighted by atomic mass is 79.9. The second-order valence-corrected chi connectivity index (χ2v) is 14.1. The van der Waals surface area contributed by atoms with E-state index in [4.69, 9.17) is 10.2 Å². The number of aryl methyl sites for hydroxylation is 2. The van der Waals surface area contributed by atoms with Crippen LogP contribution in [0, 0.1) is 13.8 Å². The average molecular weight is 809 g/mol. The van der Waals surface area contributed by atoms with E-state index in [1.165, 1.54) is 43.8 Å². The first-order chi connectivity index (χ1) is 20.4. The lowest BCUT2D eigenvalue weighted by atomic mass is 10.1. The predicted molar refractivity (Wildman–Crippen MR) is 174 cm³/mol. The molecule has 6 nitrogen and oxygen atoms in total. The number of aliphatic hydroxyl groups excluding tert-OH is 2. The fourth-order valence-electron chi connectivity index (χ4n) is 4.54. The molecule has 12 heteroatoms. The van der Waals surface area contributed by atoms with E-state index < -0.39 is 0 Å². The summed E-state index contributed by atoms with van der Waals surface area (Å²) >= 11 is 6.50. The Morgan fingerprint density at radius 1 is 0.614 bits per heavy atom. The molecule has 2 N–H and O–H groups in total. The SMILES string of the molecule is Cc1c(CCCCCCO)sc[n+]1CC(=O)c1cccs1.Cc1c(CCCCCCO)sc[n+]1CC(=O)c1cccs1.[Br-].[Br-]. The molecule has 0 spiro atoms. The first-order valence-corrected chi connectivity index (χ1v) is 18.2. The fourth-order valence-corrected chi connectivity index (χ4v) is 7.92. The smallest absolute Gasteiger partial charge is 0.237 e. The largest absolute Gasteiger partial charge is 1.00 e. The highest BCUT2D eigenvalue weighted by molar-refractivity contribution is 7.12. The van der Waals surface area contributed by atoms with Crippen molar-refractivity contribution in [2.24, 2.45) is 0 Å². The Morgan fingerprint density at radius 2 is 1.00 bits per heavy atom. The molecule has 44 heavy (non-hydrogen) atoms. The fraction of sp³-hybridized carbons (Fsp3) is 0.500. The number of thiophene rings is 2. The molecule has 0 atom stereocenters. The van der Waals surface area contributed by atoms with Gasteiger partial charge in [-0.2, -0.15) is 9.13 Å². The summed E-state index contributed by atoms with van der Waals surface area (Å²) in [6.07, 6.45) is 10.8. The number of carbonyl (C=O) groups excluding carboxylic acids is 2. The van der Waals surface area contributed by atoms with E-state index in [0.29, 0.717) is 26.3 Å². The van der Waals surface area contributed by atoms with Crippen molar-refractivity contribution >= 4 is 56.9 Å². The Balaban J connectivity index is 0.000000421. The van der Waals surface area contributed by atoms with Crippen LogP contribution in [0.2, 0.25) is 0 Å². The van der Waals surface area contributed by atoms with Crippen molar-refractivity contribution in [2.45, 2.75) is 91.1 Å². The van der Waals surface area contributed by atoms with E-state index >= 15 is 0 Å². The van der Waals surface area contributed by atoms with Crippen LogP contribution in [0.3, 0.4) is 0 Å². The van der Waals surface area contributed by atoms with Crippen molar-refractivity contribution in [1.82, 2.24) is 0 Å². The molecule has 244 valence electrons. The molecular formula is C32H44Br2N2O4S4. The first-order valence-electron chi connectivity index (χ1n) is 14.7. The van der Waals surface area contributed by atoms with Gasteiger partial charge in [-0.25, -0.2) is 0 Å². The third kappa shape index (κ3) is 13.7. The number of thiazole rings is 2. The molecule has 0 aliphatic heterocycles. The van der Waals surface area contributed by atoms with Crippen molar-refractivity contribution < 1.29 is 62.9 Å². The Bertz CT molecular complexity index is 1240. The standard InChI is InChI=1S/2C16H22NO2S2.2BrH/c2*1-13-15(7-4-2-3-5-9-18)21-12-17(13)11-14(19)16-8-6-10-20-16;;/h2*6,8,10,12,18H,2-5,7,9,11H2,1H3;2*1H/q2*+1;;/p-2. The summed E-state index contributed by atoms with van der Waals surface area (Å²) in [5.41, 5.74) is 6.55. The van der Waals surface area contributed by atoms with Gasteiger partial charge in [-0.05, 0) is 61.4 Å². The van der Waals surface area contributed by atoms with Gasteiger partial charge in [-0.15, -0.1) is 22.7 Å². The van der Waals surface area contributed by atoms with Gasteiger partial charge in [0, 0.05) is 27.1 Å². The zero-order valence-electron chi connectivity index (χ0n) is 25.5. The molecule has 0 saturated carbocycles. The molecule has 4 aromatic heterocycles. The van der Waals surface area contributed by atoms with Gasteiger partial charge in [0.25, 0.3) is 0 Å². The lowest BCUT2D eigenvalue weighted by Gasteiger charge is -1.98. The third-order valence-corrected chi connectivity index (χ3v) is 11.3. The molecule has 0 aliphatic carbocycles. The van der Waals surface area contributed by atoms with Crippen LogP contribution in [0.1, 0.15) is 91.9 Å². The van der Waals surface area contributed by atoms with Gasteiger partial charge >= 0.3 is 0 Å². The third-order valence-electron chi connectivity index (χ3n) is 7.16. The zero-order valence-corrected chi connectivity index (χ0v) is 32.0. The minimum atomic E-state index is 0. The van der Waals surface area contributed by atoms with Gasteiger partial charge in [-0.1, -0.05) is 60.5 Å². The van der Waals surface area contributed by atoms with Crippen LogP contribution in [0.5, 0.6) is 0 Å². The van der Waals surface area contributed by atoms with Gasteiger partial charge in [0.15, 0.2) is 11.4 Å². The van der Waals surface area contributed by atoms with E-state index in [1.807, 2.05) is 35.0 Å². The molecule has 0 fully saturated rings. The Kier molecular flexibility index (Phi) is 21.6. The number of aromatic nitrogens is 2. The topological polar surface area (TPSA) is 82.4 Å². The number of ketones is 2. The monoisotopic (exact) mass is 806 g/mol. The second kappa shape index (κ2) is 23.2. The quantitative estimate of drug-likeness (QED) is 0.0886. The van der Waals surface area contributed by atoms with Crippen LogP contribution in [0.15, 0.2) is 46.0 Å². The maximum Gasteiger partial charge on any atom is 0.237 e. The number of hydrogen-bond donors (Lipinski definition) is 2. The van der Waals surface area contributed by atoms with Crippen molar-refractivity contribution in [3.8, 4) is 0 Å². The second-order valence-electron chi connectivity index (χ2n) is 10.3.